The average molecular weight is 263 g/mol. The molecule has 1 fully saturated rings. The molecule has 1 aliphatic rings. The summed E-state index contributed by atoms with van der Waals surface area (Å²) in [5.74, 6) is -0.242. The molecule has 0 bridgehead atoms. The number of hydrogen-bond donors (Lipinski definition) is 1. The zero-order valence-corrected chi connectivity index (χ0v) is 11.3. The lowest BCUT2D eigenvalue weighted by atomic mass is 9.74. The van der Waals surface area contributed by atoms with Crippen molar-refractivity contribution in [2.24, 2.45) is 0 Å². The smallest absolute Gasteiger partial charge is 0.323 e. The maximum Gasteiger partial charge on any atom is 0.323 e. The molecule has 0 amide bonds. The Morgan fingerprint density at radius 2 is 2.17 bits per heavy atom. The van der Waals surface area contributed by atoms with Gasteiger partial charge in [0, 0.05) is 6.54 Å². The number of nitrogens with one attached hydrogen (secondary N) is 1. The van der Waals surface area contributed by atoms with Crippen LogP contribution < -0.4 is 5.32 Å². The lowest BCUT2D eigenvalue weighted by molar-refractivity contribution is -0.147. The monoisotopic (exact) mass is 263 g/mol. The second-order valence-electron chi connectivity index (χ2n) is 4.35. The molecule has 0 saturated carbocycles. The largest absolute Gasteiger partial charge is 0.465 e. The number of ether oxygens (including phenoxy) is 1. The van der Waals surface area contributed by atoms with E-state index in [0.29, 0.717) is 18.0 Å². The normalized spacial score (nSPS) is 23.3. The summed E-state index contributed by atoms with van der Waals surface area (Å²) in [6.07, 6.45) is 1.62. The standard InChI is InChI=1S/C14H17NO2S/c1-2-17-13(16)14(9-6-10-15-12(14)18)11-7-4-3-5-8-11/h3-5,7-8H,2,6,9-10H2,1H3,(H,15,18). The third-order valence-corrected chi connectivity index (χ3v) is 3.79. The Labute approximate surface area is 113 Å². The van der Waals surface area contributed by atoms with Gasteiger partial charge in [-0.3, -0.25) is 4.79 Å². The molecule has 0 spiro atoms. The highest BCUT2D eigenvalue weighted by Crippen LogP contribution is 2.34. The number of piperidine rings is 1. The first-order valence-corrected chi connectivity index (χ1v) is 6.63. The average Bonchev–Trinajstić information content (AvgIpc) is 2.41. The minimum atomic E-state index is -0.801. The fourth-order valence-electron chi connectivity index (χ4n) is 2.38. The highest BCUT2D eigenvalue weighted by Gasteiger charge is 2.47. The molecule has 1 N–H and O–H groups in total. The molecule has 1 atom stereocenters. The molecule has 96 valence electrons. The van der Waals surface area contributed by atoms with Gasteiger partial charge in [-0.05, 0) is 25.3 Å². The predicted molar refractivity (Wildman–Crippen MR) is 74.6 cm³/mol. The van der Waals surface area contributed by atoms with Gasteiger partial charge in [-0.15, -0.1) is 0 Å². The van der Waals surface area contributed by atoms with Crippen molar-refractivity contribution in [1.29, 1.82) is 0 Å². The Kier molecular flexibility index (Phi) is 3.97. The summed E-state index contributed by atoms with van der Waals surface area (Å²) in [6.45, 7) is 3.01. The van der Waals surface area contributed by atoms with E-state index in [4.69, 9.17) is 17.0 Å². The van der Waals surface area contributed by atoms with Gasteiger partial charge in [0.1, 0.15) is 5.41 Å². The number of esters is 1. The van der Waals surface area contributed by atoms with Crippen LogP contribution in [0.2, 0.25) is 0 Å². The molecule has 3 nitrogen and oxygen atoms in total. The van der Waals surface area contributed by atoms with Crippen LogP contribution >= 0.6 is 12.2 Å². The second kappa shape index (κ2) is 5.48. The summed E-state index contributed by atoms with van der Waals surface area (Å²) in [4.78, 5) is 13.0. The van der Waals surface area contributed by atoms with Crippen LogP contribution in [0, 0.1) is 0 Å². The number of thiocarbonyl (C=S) groups is 1. The van der Waals surface area contributed by atoms with Gasteiger partial charge >= 0.3 is 5.97 Å². The lowest BCUT2D eigenvalue weighted by Gasteiger charge is -2.36. The zero-order valence-electron chi connectivity index (χ0n) is 10.4. The van der Waals surface area contributed by atoms with Crippen molar-refractivity contribution in [1.82, 2.24) is 5.32 Å². The summed E-state index contributed by atoms with van der Waals surface area (Å²) in [5, 5.41) is 3.14. The van der Waals surface area contributed by atoms with Crippen molar-refractivity contribution in [2.45, 2.75) is 25.2 Å². The van der Waals surface area contributed by atoms with Crippen molar-refractivity contribution in [3.63, 3.8) is 0 Å². The van der Waals surface area contributed by atoms with Gasteiger partial charge < -0.3 is 10.1 Å². The SMILES string of the molecule is CCOC(=O)C1(c2ccccc2)CCCNC1=S. The Hall–Kier alpha value is -1.42. The summed E-state index contributed by atoms with van der Waals surface area (Å²) >= 11 is 5.40. The Morgan fingerprint density at radius 3 is 2.78 bits per heavy atom. The molecule has 1 saturated heterocycles. The Bertz CT molecular complexity index is 446. The van der Waals surface area contributed by atoms with Gasteiger partial charge in [0.2, 0.25) is 0 Å². The molecule has 18 heavy (non-hydrogen) atoms. The topological polar surface area (TPSA) is 38.3 Å². The number of rotatable bonds is 3. The third kappa shape index (κ3) is 2.12. The molecule has 1 heterocycles. The van der Waals surface area contributed by atoms with Crippen molar-refractivity contribution in [3.8, 4) is 0 Å². The molecule has 0 radical (unpaired) electrons. The first-order chi connectivity index (χ1) is 8.71. The first-order valence-electron chi connectivity index (χ1n) is 6.23. The van der Waals surface area contributed by atoms with Gasteiger partial charge in [-0.1, -0.05) is 42.5 Å². The van der Waals surface area contributed by atoms with E-state index in [2.05, 4.69) is 5.32 Å². The van der Waals surface area contributed by atoms with Crippen molar-refractivity contribution in [2.75, 3.05) is 13.2 Å². The Balaban J connectivity index is 2.45. The maximum atomic E-state index is 12.4. The summed E-state index contributed by atoms with van der Waals surface area (Å²) in [6, 6.07) is 9.66. The number of carbonyl (C=O) groups excluding carboxylic acids is 1. The van der Waals surface area contributed by atoms with Gasteiger partial charge in [0.05, 0.1) is 11.6 Å². The van der Waals surface area contributed by atoms with E-state index in [1.165, 1.54) is 0 Å². The van der Waals surface area contributed by atoms with E-state index < -0.39 is 5.41 Å². The molecule has 2 rings (SSSR count). The van der Waals surface area contributed by atoms with Crippen LogP contribution in [0.3, 0.4) is 0 Å². The van der Waals surface area contributed by atoms with E-state index in [9.17, 15) is 4.79 Å². The summed E-state index contributed by atoms with van der Waals surface area (Å²) < 4.78 is 5.24. The van der Waals surface area contributed by atoms with E-state index in [0.717, 1.165) is 18.5 Å². The van der Waals surface area contributed by atoms with E-state index in [-0.39, 0.29) is 5.97 Å². The maximum absolute atomic E-state index is 12.4. The van der Waals surface area contributed by atoms with E-state index in [1.54, 1.807) is 0 Å². The van der Waals surface area contributed by atoms with E-state index in [1.807, 2.05) is 37.3 Å². The van der Waals surface area contributed by atoms with E-state index >= 15 is 0 Å². The van der Waals surface area contributed by atoms with Crippen LogP contribution in [0.5, 0.6) is 0 Å². The second-order valence-corrected chi connectivity index (χ2v) is 4.76. The molecule has 0 aromatic heterocycles. The molecular formula is C14H17NO2S. The minimum Gasteiger partial charge on any atom is -0.465 e. The fraction of sp³-hybridized carbons (Fsp3) is 0.429. The minimum absolute atomic E-state index is 0.242. The third-order valence-electron chi connectivity index (χ3n) is 3.29. The van der Waals surface area contributed by atoms with Gasteiger partial charge in [-0.2, -0.15) is 0 Å². The number of hydrogen-bond acceptors (Lipinski definition) is 3. The molecular weight excluding hydrogens is 246 g/mol. The van der Waals surface area contributed by atoms with Crippen LogP contribution in [0.1, 0.15) is 25.3 Å². The fourth-order valence-corrected chi connectivity index (χ4v) is 2.79. The summed E-state index contributed by atoms with van der Waals surface area (Å²) in [7, 11) is 0. The molecule has 1 unspecified atom stereocenters. The van der Waals surface area contributed by atoms with Crippen LogP contribution in [-0.2, 0) is 14.9 Å². The van der Waals surface area contributed by atoms with Crippen molar-refractivity contribution in [3.05, 3.63) is 35.9 Å². The van der Waals surface area contributed by atoms with Crippen LogP contribution in [-0.4, -0.2) is 24.1 Å². The quantitative estimate of drug-likeness (QED) is 0.670. The summed E-state index contributed by atoms with van der Waals surface area (Å²) in [5.41, 5.74) is 0.117. The zero-order chi connectivity index (χ0) is 13.0. The van der Waals surface area contributed by atoms with Crippen LogP contribution in [0.4, 0.5) is 0 Å². The molecule has 1 aromatic carbocycles. The van der Waals surface area contributed by atoms with Crippen molar-refractivity contribution >= 4 is 23.2 Å². The van der Waals surface area contributed by atoms with Gasteiger partial charge in [0.25, 0.3) is 0 Å². The molecule has 0 aliphatic carbocycles. The van der Waals surface area contributed by atoms with Gasteiger partial charge in [-0.25, -0.2) is 0 Å². The molecule has 1 aliphatic heterocycles. The number of carbonyl (C=O) groups is 1. The highest BCUT2D eigenvalue weighted by atomic mass is 32.1. The molecule has 1 aromatic rings. The number of benzene rings is 1. The lowest BCUT2D eigenvalue weighted by Crippen LogP contribution is -2.53. The van der Waals surface area contributed by atoms with Crippen molar-refractivity contribution < 1.29 is 9.53 Å². The highest BCUT2D eigenvalue weighted by molar-refractivity contribution is 7.80. The van der Waals surface area contributed by atoms with Crippen LogP contribution in [0.25, 0.3) is 0 Å². The Morgan fingerprint density at radius 1 is 1.44 bits per heavy atom. The molecule has 4 heteroatoms. The first kappa shape index (κ1) is 13.0. The predicted octanol–water partition coefficient (Wildman–Crippen LogP) is 2.20. The van der Waals surface area contributed by atoms with Gasteiger partial charge in [0.15, 0.2) is 0 Å². The van der Waals surface area contributed by atoms with Crippen LogP contribution in [0.15, 0.2) is 30.3 Å².